The van der Waals surface area contributed by atoms with Gasteiger partial charge in [-0.3, -0.25) is 57.5 Å². The van der Waals surface area contributed by atoms with E-state index in [1.165, 1.54) is 50.6 Å². The number of aliphatic hydroxyl groups is 3. The summed E-state index contributed by atoms with van der Waals surface area (Å²) in [6.45, 7) is 1.84. The number of rotatable bonds is 39. The van der Waals surface area contributed by atoms with Crippen LogP contribution in [0.1, 0.15) is 69.3 Å². The minimum Gasteiger partial charge on any atom is -0.481 e. The smallest absolute Gasteiger partial charge is 0.326 e. The fourth-order valence-electron chi connectivity index (χ4n) is 10.4. The van der Waals surface area contributed by atoms with Crippen LogP contribution in [0.4, 0.5) is 4.39 Å². The van der Waals surface area contributed by atoms with Gasteiger partial charge in [0.1, 0.15) is 53.9 Å². The molecule has 33 heteroatoms. The molecular weight excluding hydrogens is 1360 g/mol. The molecule has 0 unspecified atom stereocenters. The SMILES string of the molecule is C[C@@H](O)[C@H](NC(=O)CNC(=O)[C@H](CCC(=O)O)NC(=O)C(C)(C)NC(=O)[C@@H](N)Cc1c[nH]cn1)C(=O)N[C@@H](Cc1ccccc1)C(=O)N[C@](F)(C(=O)N[C@@H](CO)C(=O)N[C@@H](CC(=O)O)C(=O)N[C@@H](Cc1ccc(-c2ccccc2)cc1)C(=O)N[C@@H](Cc1ccc(-c2ccccc2)cc1)C(=O)O)[C@@H](C)O. The highest BCUT2D eigenvalue weighted by molar-refractivity contribution is 6.00. The number of aromatic nitrogens is 2. The van der Waals surface area contributed by atoms with Crippen LogP contribution < -0.4 is 58.9 Å². The molecule has 10 amide bonds. The van der Waals surface area contributed by atoms with E-state index in [1.807, 2.05) is 66.0 Å². The molecule has 0 aliphatic carbocycles. The van der Waals surface area contributed by atoms with E-state index in [9.17, 15) is 93.0 Å². The van der Waals surface area contributed by atoms with Crippen molar-refractivity contribution in [2.45, 2.75) is 145 Å². The Kier molecular flexibility index (Phi) is 29.9. The Labute approximate surface area is 595 Å². The van der Waals surface area contributed by atoms with Gasteiger partial charge in [-0.2, -0.15) is 0 Å². The normalized spacial score (nSPS) is 14.7. The van der Waals surface area contributed by atoms with E-state index < -0.39 is 188 Å². The number of amides is 10. The molecule has 0 saturated carbocycles. The average molecular weight is 1440 g/mol. The molecule has 5 aromatic carbocycles. The maximum absolute atomic E-state index is 17.2. The number of nitrogens with two attached hydrogens (primary N) is 1. The summed E-state index contributed by atoms with van der Waals surface area (Å²) in [5, 5.41) is 83.6. The molecule has 1 heterocycles. The molecule has 6 rings (SSSR count). The van der Waals surface area contributed by atoms with Gasteiger partial charge >= 0.3 is 17.9 Å². The fraction of sp³-hybridized carbons (Fsp3) is 0.352. The summed E-state index contributed by atoms with van der Waals surface area (Å²) in [4.78, 5) is 181. The Bertz CT molecular complexity index is 3970. The Morgan fingerprint density at radius 3 is 1.45 bits per heavy atom. The van der Waals surface area contributed by atoms with Crippen molar-refractivity contribution in [1.82, 2.24) is 63.1 Å². The second-order valence-electron chi connectivity index (χ2n) is 24.9. The van der Waals surface area contributed by atoms with Crippen LogP contribution in [-0.2, 0) is 88.0 Å². The van der Waals surface area contributed by atoms with Gasteiger partial charge in [0.15, 0.2) is 0 Å². The molecule has 1 aromatic heterocycles. The third kappa shape index (κ3) is 24.5. The van der Waals surface area contributed by atoms with Crippen molar-refractivity contribution in [2.75, 3.05) is 13.2 Å². The van der Waals surface area contributed by atoms with Gasteiger partial charge in [0.25, 0.3) is 11.7 Å². The van der Waals surface area contributed by atoms with Crippen LogP contribution in [0.5, 0.6) is 0 Å². The van der Waals surface area contributed by atoms with Crippen molar-refractivity contribution in [3.05, 3.63) is 174 Å². The highest BCUT2D eigenvalue weighted by atomic mass is 19.1. The molecule has 554 valence electrons. The van der Waals surface area contributed by atoms with Gasteiger partial charge in [-0.05, 0) is 73.1 Å². The lowest BCUT2D eigenvalue weighted by Crippen LogP contribution is -2.67. The Hall–Kier alpha value is -11.8. The van der Waals surface area contributed by atoms with Crippen LogP contribution in [0, 0.1) is 0 Å². The second kappa shape index (κ2) is 38.3. The molecule has 0 spiro atoms. The van der Waals surface area contributed by atoms with E-state index in [2.05, 4.69) is 47.2 Å². The summed E-state index contributed by atoms with van der Waals surface area (Å²) in [5.41, 5.74) is 9.21. The lowest BCUT2D eigenvalue weighted by atomic mass is 9.98. The zero-order valence-electron chi connectivity index (χ0n) is 57.0. The number of nitrogens with zero attached hydrogens (tertiary/aromatic N) is 1. The minimum atomic E-state index is -3.99. The van der Waals surface area contributed by atoms with E-state index in [-0.39, 0.29) is 24.8 Å². The summed E-state index contributed by atoms with van der Waals surface area (Å²) < 4.78 is 17.2. The van der Waals surface area contributed by atoms with Gasteiger partial charge in [-0.15, -0.1) is 0 Å². The molecule has 0 radical (unpaired) electrons. The first-order valence-corrected chi connectivity index (χ1v) is 32.7. The minimum absolute atomic E-state index is 0.0157. The van der Waals surface area contributed by atoms with Gasteiger partial charge in [0.05, 0.1) is 43.7 Å². The number of benzene rings is 5. The Morgan fingerprint density at radius 2 is 0.962 bits per heavy atom. The molecule has 0 aliphatic heterocycles. The van der Waals surface area contributed by atoms with E-state index in [1.54, 1.807) is 65.2 Å². The number of alkyl halides is 1. The van der Waals surface area contributed by atoms with Crippen molar-refractivity contribution in [3.63, 3.8) is 0 Å². The summed E-state index contributed by atoms with van der Waals surface area (Å²) >= 11 is 0. The number of imidazole rings is 1. The van der Waals surface area contributed by atoms with Crippen LogP contribution in [0.25, 0.3) is 22.3 Å². The van der Waals surface area contributed by atoms with Crippen LogP contribution in [-0.4, -0.2) is 203 Å². The molecule has 104 heavy (non-hydrogen) atoms. The fourth-order valence-corrected chi connectivity index (χ4v) is 10.4. The van der Waals surface area contributed by atoms with E-state index >= 15 is 4.39 Å². The molecule has 11 atom stereocenters. The van der Waals surface area contributed by atoms with Crippen molar-refractivity contribution >= 4 is 77.0 Å². The molecular formula is C71H84FN13O19. The number of aromatic amines is 1. The maximum atomic E-state index is 17.2. The number of nitrogens with one attached hydrogen (secondary N) is 11. The van der Waals surface area contributed by atoms with Crippen LogP contribution in [0.3, 0.4) is 0 Å². The molecule has 0 saturated heterocycles. The van der Waals surface area contributed by atoms with Gasteiger partial charge < -0.3 is 94.5 Å². The lowest BCUT2D eigenvalue weighted by molar-refractivity contribution is -0.153. The molecule has 0 bridgehead atoms. The number of hydrogen-bond donors (Lipinski definition) is 18. The highest BCUT2D eigenvalue weighted by Gasteiger charge is 2.48. The van der Waals surface area contributed by atoms with Crippen molar-refractivity contribution in [1.29, 1.82) is 0 Å². The molecule has 0 fully saturated rings. The summed E-state index contributed by atoms with van der Waals surface area (Å²) in [7, 11) is 0. The van der Waals surface area contributed by atoms with Gasteiger partial charge in [-0.25, -0.2) is 14.2 Å². The quantitative estimate of drug-likeness (QED) is 0.0200. The number of aliphatic hydroxyl groups excluding tert-OH is 3. The van der Waals surface area contributed by atoms with E-state index in [0.717, 1.165) is 29.2 Å². The van der Waals surface area contributed by atoms with Gasteiger partial charge in [0, 0.05) is 38.3 Å². The van der Waals surface area contributed by atoms with Gasteiger partial charge in [0.2, 0.25) is 53.2 Å². The maximum Gasteiger partial charge on any atom is 0.326 e. The summed E-state index contributed by atoms with van der Waals surface area (Å²) in [6.07, 6.45) is -5.03. The number of carboxylic acid groups (broad SMARTS) is 3. The zero-order valence-corrected chi connectivity index (χ0v) is 57.0. The number of hydrogen-bond acceptors (Lipinski definition) is 18. The van der Waals surface area contributed by atoms with Crippen molar-refractivity contribution in [2.24, 2.45) is 5.73 Å². The number of H-pyrrole nitrogens is 1. The first-order chi connectivity index (χ1) is 49.3. The first-order valence-electron chi connectivity index (χ1n) is 32.7. The predicted molar refractivity (Wildman–Crippen MR) is 370 cm³/mol. The third-order valence-corrected chi connectivity index (χ3v) is 16.3. The van der Waals surface area contributed by atoms with Gasteiger partial charge in [-0.1, -0.05) is 140 Å². The van der Waals surface area contributed by atoms with Crippen LogP contribution in [0.15, 0.2) is 152 Å². The average Bonchev–Trinajstić information content (AvgIpc) is 0.913. The largest absolute Gasteiger partial charge is 0.481 e. The van der Waals surface area contributed by atoms with E-state index in [4.69, 9.17) is 5.73 Å². The lowest BCUT2D eigenvalue weighted by Gasteiger charge is -2.32. The third-order valence-electron chi connectivity index (χ3n) is 16.3. The molecule has 6 aromatic rings. The van der Waals surface area contributed by atoms with Crippen molar-refractivity contribution < 1.29 is 97.4 Å². The predicted octanol–water partition coefficient (Wildman–Crippen LogP) is -1.29. The standard InChI is InChI=1S/C71H84FN13O19/c1-39(87)59(83-56(89)36-75-61(95)50(28-29-57(90)91)81-68(103)70(3,4)84-60(94)49(73)33-48-35-74-38-76-48)66(100)79-52(30-41-14-8-5-9-15-41)65(99)85-71(72,40(2)88)69(104)82-55(37-86)64(98)78-53(34-58(92)93)63(97)77-51(31-42-20-24-46(25-21-42)44-16-10-6-11-17-44)62(96)80-54(67(101)102)32-43-22-26-47(27-23-43)45-18-12-7-13-19-45/h5-27,35,38-40,49-55,59,86-88H,28-34,36-37,73H2,1-4H3,(H,74,76)(H,75,95)(H,77,97)(H,78,98)(H,79,100)(H,80,96)(H,81,103)(H,82,104)(H,83,89)(H,84,94)(H,85,99)(H,90,91)(H,92,93)(H,101,102)/t39-,40-,49+,50+,51+,52+,53+,54+,55+,59+,71+/m1/s1. The number of halogens is 1. The van der Waals surface area contributed by atoms with Crippen LogP contribution >= 0.6 is 0 Å². The molecule has 19 N–H and O–H groups in total. The summed E-state index contributed by atoms with van der Waals surface area (Å²) in [6, 6.07) is 25.1. The topological polar surface area (TPSA) is 518 Å². The van der Waals surface area contributed by atoms with Crippen molar-refractivity contribution in [3.8, 4) is 22.3 Å². The number of aliphatic carboxylic acids is 3. The number of carboxylic acids is 3. The summed E-state index contributed by atoms with van der Waals surface area (Å²) in [5.74, 6) is -21.5. The number of carbonyl (C=O) groups is 13. The Balaban J connectivity index is 1.14. The van der Waals surface area contributed by atoms with Crippen LogP contribution in [0.2, 0.25) is 0 Å². The second-order valence-corrected chi connectivity index (χ2v) is 24.9. The van der Waals surface area contributed by atoms with E-state index in [0.29, 0.717) is 23.7 Å². The number of carbonyl (C=O) groups excluding carboxylic acids is 10. The molecule has 32 nitrogen and oxygen atoms in total. The monoisotopic (exact) mass is 1440 g/mol. The molecule has 0 aliphatic rings. The highest BCUT2D eigenvalue weighted by Crippen LogP contribution is 2.23. The zero-order chi connectivity index (χ0) is 76.4. The Morgan fingerprint density at radius 1 is 0.500 bits per heavy atom. The first kappa shape index (κ1) is 81.2.